The number of rotatable bonds is 7. The maximum Gasteiger partial charge on any atom is 0.0766 e. The number of halogens is 1. The first kappa shape index (κ1) is 15.7. The smallest absolute Gasteiger partial charge is 0.0766 e. The molecule has 2 N–H and O–H groups in total. The van der Waals surface area contributed by atoms with Crippen LogP contribution in [-0.4, -0.2) is 29.0 Å². The van der Waals surface area contributed by atoms with E-state index in [0.29, 0.717) is 0 Å². The first-order valence-corrected chi connectivity index (χ1v) is 7.35. The summed E-state index contributed by atoms with van der Waals surface area (Å²) in [6.45, 7) is 7.14. The highest BCUT2D eigenvalue weighted by molar-refractivity contribution is 9.10. The predicted octanol–water partition coefficient (Wildman–Crippen LogP) is 2.52. The van der Waals surface area contributed by atoms with Crippen LogP contribution in [0.5, 0.6) is 0 Å². The van der Waals surface area contributed by atoms with Crippen LogP contribution < -0.4 is 5.73 Å². The molecule has 0 amide bonds. The van der Waals surface area contributed by atoms with E-state index in [1.807, 2.05) is 11.6 Å². The SMILES string of the molecule is CCc1nn(CC)c(CC(N)CC(C)OC)c1Br. The van der Waals surface area contributed by atoms with Crippen LogP contribution in [0.15, 0.2) is 4.47 Å². The van der Waals surface area contributed by atoms with E-state index in [4.69, 9.17) is 10.5 Å². The maximum atomic E-state index is 6.18. The molecule has 0 saturated heterocycles. The molecular weight excluding hydrogens is 294 g/mol. The lowest BCUT2D eigenvalue weighted by Crippen LogP contribution is -2.29. The summed E-state index contributed by atoms with van der Waals surface area (Å²) in [6.07, 6.45) is 2.82. The second-order valence-corrected chi connectivity index (χ2v) is 5.42. The molecule has 2 atom stereocenters. The second kappa shape index (κ2) is 7.26. The van der Waals surface area contributed by atoms with Crippen molar-refractivity contribution in [1.82, 2.24) is 9.78 Å². The van der Waals surface area contributed by atoms with Crippen molar-refractivity contribution < 1.29 is 4.74 Å². The standard InChI is InChI=1S/C13H24BrN3O/c1-5-11-13(14)12(17(6-2)16-11)8-10(15)7-9(3)18-4/h9-10H,5-8,15H2,1-4H3. The summed E-state index contributed by atoms with van der Waals surface area (Å²) in [6, 6.07) is 0.1000. The minimum absolute atomic E-state index is 0.1000. The molecule has 0 bridgehead atoms. The average Bonchev–Trinajstić information content (AvgIpc) is 2.66. The third kappa shape index (κ3) is 3.80. The van der Waals surface area contributed by atoms with Crippen LogP contribution in [0.25, 0.3) is 0 Å². The molecule has 1 aromatic heterocycles. The lowest BCUT2D eigenvalue weighted by atomic mass is 10.1. The molecule has 18 heavy (non-hydrogen) atoms. The van der Waals surface area contributed by atoms with Crippen LogP contribution in [0.2, 0.25) is 0 Å². The molecule has 2 unspecified atom stereocenters. The summed E-state index contributed by atoms with van der Waals surface area (Å²) in [5, 5.41) is 4.58. The first-order valence-electron chi connectivity index (χ1n) is 6.55. The highest BCUT2D eigenvalue weighted by atomic mass is 79.9. The fraction of sp³-hybridized carbons (Fsp3) is 0.769. The van der Waals surface area contributed by atoms with E-state index >= 15 is 0 Å². The average molecular weight is 318 g/mol. The van der Waals surface area contributed by atoms with Crippen molar-refractivity contribution in [1.29, 1.82) is 0 Å². The maximum absolute atomic E-state index is 6.18. The Hall–Kier alpha value is -0.390. The summed E-state index contributed by atoms with van der Waals surface area (Å²) in [5.41, 5.74) is 8.49. The normalized spacial score (nSPS) is 14.8. The van der Waals surface area contributed by atoms with E-state index in [1.165, 1.54) is 5.69 Å². The van der Waals surface area contributed by atoms with Crippen molar-refractivity contribution >= 4 is 15.9 Å². The molecule has 1 aromatic rings. The van der Waals surface area contributed by atoms with Crippen LogP contribution in [0, 0.1) is 0 Å². The molecular formula is C13H24BrN3O. The van der Waals surface area contributed by atoms with Crippen molar-refractivity contribution in [2.75, 3.05) is 7.11 Å². The summed E-state index contributed by atoms with van der Waals surface area (Å²) >= 11 is 3.64. The lowest BCUT2D eigenvalue weighted by molar-refractivity contribution is 0.104. The van der Waals surface area contributed by atoms with Gasteiger partial charge < -0.3 is 10.5 Å². The van der Waals surface area contributed by atoms with Gasteiger partial charge in [0.15, 0.2) is 0 Å². The zero-order valence-corrected chi connectivity index (χ0v) is 13.3. The van der Waals surface area contributed by atoms with E-state index in [-0.39, 0.29) is 12.1 Å². The van der Waals surface area contributed by atoms with Gasteiger partial charge in [-0.05, 0) is 42.6 Å². The van der Waals surface area contributed by atoms with E-state index in [1.54, 1.807) is 7.11 Å². The Labute approximate surface area is 118 Å². The summed E-state index contributed by atoms with van der Waals surface area (Å²) in [4.78, 5) is 0. The van der Waals surface area contributed by atoms with Gasteiger partial charge in [-0.25, -0.2) is 0 Å². The van der Waals surface area contributed by atoms with Gasteiger partial charge >= 0.3 is 0 Å². The molecule has 0 spiro atoms. The Morgan fingerprint density at radius 3 is 2.61 bits per heavy atom. The largest absolute Gasteiger partial charge is 0.382 e. The van der Waals surface area contributed by atoms with Crippen molar-refractivity contribution in [3.05, 3.63) is 15.9 Å². The third-order valence-electron chi connectivity index (χ3n) is 3.19. The van der Waals surface area contributed by atoms with Gasteiger partial charge in [-0.15, -0.1) is 0 Å². The van der Waals surface area contributed by atoms with Crippen LogP contribution in [-0.2, 0) is 24.1 Å². The second-order valence-electron chi connectivity index (χ2n) is 4.62. The molecule has 0 aromatic carbocycles. The highest BCUT2D eigenvalue weighted by Crippen LogP contribution is 2.24. The fourth-order valence-corrected chi connectivity index (χ4v) is 2.79. The third-order valence-corrected chi connectivity index (χ3v) is 4.10. The quantitative estimate of drug-likeness (QED) is 0.840. The first-order chi connectivity index (χ1) is 8.53. The van der Waals surface area contributed by atoms with Crippen molar-refractivity contribution in [3.8, 4) is 0 Å². The van der Waals surface area contributed by atoms with Gasteiger partial charge in [-0.1, -0.05) is 6.92 Å². The Balaban J connectivity index is 2.79. The molecule has 4 nitrogen and oxygen atoms in total. The minimum Gasteiger partial charge on any atom is -0.382 e. The lowest BCUT2D eigenvalue weighted by Gasteiger charge is -2.16. The highest BCUT2D eigenvalue weighted by Gasteiger charge is 2.17. The van der Waals surface area contributed by atoms with Crippen molar-refractivity contribution in [2.24, 2.45) is 5.73 Å². The Morgan fingerprint density at radius 2 is 2.11 bits per heavy atom. The zero-order valence-electron chi connectivity index (χ0n) is 11.7. The Bertz CT molecular complexity index is 379. The molecule has 104 valence electrons. The summed E-state index contributed by atoms with van der Waals surface area (Å²) in [7, 11) is 1.72. The molecule has 0 saturated carbocycles. The van der Waals surface area contributed by atoms with Gasteiger partial charge in [0.1, 0.15) is 0 Å². The van der Waals surface area contributed by atoms with Gasteiger partial charge in [0.05, 0.1) is 22.0 Å². The minimum atomic E-state index is 0.1000. The molecule has 0 fully saturated rings. The Kier molecular flexibility index (Phi) is 6.32. The van der Waals surface area contributed by atoms with Gasteiger partial charge in [-0.2, -0.15) is 5.10 Å². The molecule has 1 heterocycles. The molecule has 0 aliphatic carbocycles. The van der Waals surface area contributed by atoms with E-state index in [0.717, 1.165) is 36.0 Å². The van der Waals surface area contributed by atoms with Crippen LogP contribution >= 0.6 is 15.9 Å². The monoisotopic (exact) mass is 317 g/mol. The fourth-order valence-electron chi connectivity index (χ4n) is 2.07. The van der Waals surface area contributed by atoms with Gasteiger partial charge in [0, 0.05) is 26.1 Å². The summed E-state index contributed by atoms with van der Waals surface area (Å²) in [5.74, 6) is 0. The number of ether oxygens (including phenoxy) is 1. The van der Waals surface area contributed by atoms with E-state index < -0.39 is 0 Å². The molecule has 0 aliphatic heterocycles. The van der Waals surface area contributed by atoms with E-state index in [2.05, 4.69) is 34.9 Å². The zero-order chi connectivity index (χ0) is 13.7. The molecule has 0 radical (unpaired) electrons. The van der Waals surface area contributed by atoms with Gasteiger partial charge in [0.25, 0.3) is 0 Å². The van der Waals surface area contributed by atoms with Crippen LogP contribution in [0.3, 0.4) is 0 Å². The van der Waals surface area contributed by atoms with Crippen molar-refractivity contribution in [2.45, 2.75) is 58.7 Å². The Morgan fingerprint density at radius 1 is 1.44 bits per heavy atom. The molecule has 1 rings (SSSR count). The van der Waals surface area contributed by atoms with Crippen LogP contribution in [0.1, 0.15) is 38.6 Å². The number of aromatic nitrogens is 2. The molecule has 0 aliphatic rings. The van der Waals surface area contributed by atoms with Crippen molar-refractivity contribution in [3.63, 3.8) is 0 Å². The number of aryl methyl sites for hydroxylation is 2. The number of hydrogen-bond donors (Lipinski definition) is 1. The summed E-state index contributed by atoms with van der Waals surface area (Å²) < 4.78 is 8.42. The predicted molar refractivity (Wildman–Crippen MR) is 77.7 cm³/mol. The topological polar surface area (TPSA) is 53.1 Å². The van der Waals surface area contributed by atoms with E-state index in [9.17, 15) is 0 Å². The van der Waals surface area contributed by atoms with Gasteiger partial charge in [-0.3, -0.25) is 4.68 Å². The number of methoxy groups -OCH3 is 1. The number of nitrogens with zero attached hydrogens (tertiary/aromatic N) is 2. The van der Waals surface area contributed by atoms with Gasteiger partial charge in [0.2, 0.25) is 0 Å². The number of nitrogens with two attached hydrogens (primary N) is 1. The molecule has 5 heteroatoms. The van der Waals surface area contributed by atoms with Crippen LogP contribution in [0.4, 0.5) is 0 Å². The number of hydrogen-bond acceptors (Lipinski definition) is 3.